The Balaban J connectivity index is 1.60. The van der Waals surface area contributed by atoms with E-state index in [2.05, 4.69) is 69.3 Å². The first kappa shape index (κ1) is 23.6. The van der Waals surface area contributed by atoms with Crippen LogP contribution in [0.4, 0.5) is 5.69 Å². The van der Waals surface area contributed by atoms with E-state index in [0.717, 1.165) is 32.6 Å². The smallest absolute Gasteiger partial charge is 0.234 e. The van der Waals surface area contributed by atoms with Crippen LogP contribution in [0.15, 0.2) is 41.6 Å². The number of hydrogen-bond acceptors (Lipinski definition) is 5. The second-order valence-electron chi connectivity index (χ2n) is 7.41. The summed E-state index contributed by atoms with van der Waals surface area (Å²) >= 11 is 3.64. The van der Waals surface area contributed by atoms with Crippen LogP contribution in [-0.4, -0.2) is 26.4 Å². The van der Waals surface area contributed by atoms with Crippen LogP contribution in [0.2, 0.25) is 0 Å². The molecule has 3 rings (SSSR count). The molecule has 0 spiro atoms. The normalized spacial score (nSPS) is 11.9. The molecule has 1 amide bonds. The summed E-state index contributed by atoms with van der Waals surface area (Å²) in [7, 11) is 1.89. The minimum Gasteiger partial charge on any atom is -0.483 e. The molecular formula is C23H27IN4O2S. The second-order valence-corrected chi connectivity index (χ2v) is 9.60. The number of carbonyl (C=O) groups is 1. The van der Waals surface area contributed by atoms with Crippen molar-refractivity contribution in [1.82, 2.24) is 14.8 Å². The summed E-state index contributed by atoms with van der Waals surface area (Å²) in [5.41, 5.74) is 4.26. The van der Waals surface area contributed by atoms with Gasteiger partial charge in [-0.3, -0.25) is 4.79 Å². The largest absolute Gasteiger partial charge is 0.483 e. The number of ether oxygens (including phenoxy) is 1. The SMILES string of the molecule is CCc1ccc(O[C@H](C)c2nnc(SCC(=O)Nc3c(C)cc(I)cc3C)n2C)cc1. The number of aryl methyl sites for hydroxylation is 3. The number of aromatic nitrogens is 3. The summed E-state index contributed by atoms with van der Waals surface area (Å²) in [6.45, 7) is 8.08. The van der Waals surface area contributed by atoms with Crippen molar-refractivity contribution in [3.05, 3.63) is 62.5 Å². The molecule has 0 bridgehead atoms. The fourth-order valence-corrected chi connectivity index (χ4v) is 4.93. The third kappa shape index (κ3) is 6.00. The predicted molar refractivity (Wildman–Crippen MR) is 134 cm³/mol. The van der Waals surface area contributed by atoms with Crippen LogP contribution in [0, 0.1) is 17.4 Å². The highest BCUT2D eigenvalue weighted by molar-refractivity contribution is 14.1. The van der Waals surface area contributed by atoms with Crippen molar-refractivity contribution in [2.24, 2.45) is 7.05 Å². The Labute approximate surface area is 201 Å². The van der Waals surface area contributed by atoms with Crippen molar-refractivity contribution >= 4 is 45.9 Å². The van der Waals surface area contributed by atoms with Gasteiger partial charge in [-0.05, 0) is 90.7 Å². The highest BCUT2D eigenvalue weighted by Crippen LogP contribution is 2.26. The number of amides is 1. The van der Waals surface area contributed by atoms with E-state index in [9.17, 15) is 4.79 Å². The van der Waals surface area contributed by atoms with Gasteiger partial charge in [0, 0.05) is 16.3 Å². The maximum absolute atomic E-state index is 12.5. The number of benzene rings is 2. The number of carbonyl (C=O) groups excluding carboxylic acids is 1. The number of nitrogens with one attached hydrogen (secondary N) is 1. The summed E-state index contributed by atoms with van der Waals surface area (Å²) in [5.74, 6) is 1.70. The molecular weight excluding hydrogens is 523 g/mol. The molecule has 0 unspecified atom stereocenters. The molecule has 0 aliphatic rings. The van der Waals surface area contributed by atoms with Crippen molar-refractivity contribution in [1.29, 1.82) is 0 Å². The molecule has 0 aliphatic carbocycles. The van der Waals surface area contributed by atoms with E-state index in [4.69, 9.17) is 4.74 Å². The molecule has 0 saturated carbocycles. The Kier molecular flexibility index (Phi) is 7.99. The average molecular weight is 550 g/mol. The highest BCUT2D eigenvalue weighted by Gasteiger charge is 2.18. The van der Waals surface area contributed by atoms with Gasteiger partial charge in [-0.2, -0.15) is 0 Å². The Morgan fingerprint density at radius 1 is 1.19 bits per heavy atom. The first-order chi connectivity index (χ1) is 14.8. The van der Waals surface area contributed by atoms with Crippen molar-refractivity contribution in [2.45, 2.75) is 45.4 Å². The zero-order valence-corrected chi connectivity index (χ0v) is 21.4. The van der Waals surface area contributed by atoms with Gasteiger partial charge in [0.2, 0.25) is 5.91 Å². The zero-order valence-electron chi connectivity index (χ0n) is 18.4. The first-order valence-electron chi connectivity index (χ1n) is 10.1. The predicted octanol–water partition coefficient (Wildman–Crippen LogP) is 5.47. The number of rotatable bonds is 8. The molecule has 6 nitrogen and oxygen atoms in total. The molecule has 164 valence electrons. The molecule has 8 heteroatoms. The lowest BCUT2D eigenvalue weighted by Crippen LogP contribution is -2.16. The van der Waals surface area contributed by atoms with Crippen molar-refractivity contribution in [2.75, 3.05) is 11.1 Å². The number of thioether (sulfide) groups is 1. The lowest BCUT2D eigenvalue weighted by molar-refractivity contribution is -0.113. The van der Waals surface area contributed by atoms with Crippen LogP contribution in [0.25, 0.3) is 0 Å². The standard InChI is InChI=1S/C23H27IN4O2S/c1-6-17-7-9-19(10-8-17)30-16(4)22-26-27-23(28(22)5)31-13-20(29)25-21-14(2)11-18(24)12-15(21)3/h7-12,16H,6,13H2,1-5H3,(H,25,29)/t16-/m1/s1. The second kappa shape index (κ2) is 10.5. The fourth-order valence-electron chi connectivity index (χ4n) is 3.28. The van der Waals surface area contributed by atoms with Crippen LogP contribution in [-0.2, 0) is 18.3 Å². The van der Waals surface area contributed by atoms with E-state index in [1.165, 1.54) is 17.3 Å². The van der Waals surface area contributed by atoms with Gasteiger partial charge in [0.15, 0.2) is 17.1 Å². The van der Waals surface area contributed by atoms with Crippen LogP contribution in [0.3, 0.4) is 0 Å². The van der Waals surface area contributed by atoms with Crippen molar-refractivity contribution in [3.8, 4) is 5.75 Å². The van der Waals surface area contributed by atoms with Crippen molar-refractivity contribution in [3.63, 3.8) is 0 Å². The Morgan fingerprint density at radius 2 is 1.84 bits per heavy atom. The molecule has 0 fully saturated rings. The van der Waals surface area contributed by atoms with E-state index in [1.807, 2.05) is 44.5 Å². The van der Waals surface area contributed by atoms with Gasteiger partial charge in [-0.1, -0.05) is 30.8 Å². The number of anilines is 1. The third-order valence-electron chi connectivity index (χ3n) is 4.97. The number of hydrogen-bond donors (Lipinski definition) is 1. The number of halogens is 1. The van der Waals surface area contributed by atoms with Gasteiger partial charge < -0.3 is 14.6 Å². The zero-order chi connectivity index (χ0) is 22.5. The molecule has 0 aliphatic heterocycles. The Morgan fingerprint density at radius 3 is 2.45 bits per heavy atom. The van der Waals surface area contributed by atoms with E-state index < -0.39 is 0 Å². The lowest BCUT2D eigenvalue weighted by atomic mass is 10.1. The summed E-state index contributed by atoms with van der Waals surface area (Å²) in [4.78, 5) is 12.5. The van der Waals surface area contributed by atoms with E-state index in [-0.39, 0.29) is 17.8 Å². The van der Waals surface area contributed by atoms with Gasteiger partial charge in [0.1, 0.15) is 5.75 Å². The minimum absolute atomic E-state index is 0.0673. The Hall–Kier alpha value is -2.07. The molecule has 2 aromatic carbocycles. The minimum atomic E-state index is -0.259. The van der Waals surface area contributed by atoms with Gasteiger partial charge >= 0.3 is 0 Å². The molecule has 0 radical (unpaired) electrons. The maximum Gasteiger partial charge on any atom is 0.234 e. The molecule has 1 atom stereocenters. The average Bonchev–Trinajstić information content (AvgIpc) is 3.10. The molecule has 31 heavy (non-hydrogen) atoms. The van der Waals surface area contributed by atoms with Gasteiger partial charge in [-0.25, -0.2) is 0 Å². The summed E-state index contributed by atoms with van der Waals surface area (Å²) in [6.07, 6.45) is 0.737. The monoisotopic (exact) mass is 550 g/mol. The summed E-state index contributed by atoms with van der Waals surface area (Å²) < 4.78 is 9.06. The van der Waals surface area contributed by atoms with E-state index >= 15 is 0 Å². The molecule has 3 aromatic rings. The highest BCUT2D eigenvalue weighted by atomic mass is 127. The first-order valence-corrected chi connectivity index (χ1v) is 12.2. The van der Waals surface area contributed by atoms with Crippen molar-refractivity contribution < 1.29 is 9.53 Å². The van der Waals surface area contributed by atoms with Gasteiger partial charge in [0.05, 0.1) is 5.75 Å². The molecule has 0 saturated heterocycles. The van der Waals surface area contributed by atoms with E-state index in [0.29, 0.717) is 11.0 Å². The quantitative estimate of drug-likeness (QED) is 0.298. The van der Waals surface area contributed by atoms with Crippen LogP contribution in [0.5, 0.6) is 5.75 Å². The van der Waals surface area contributed by atoms with Crippen LogP contribution < -0.4 is 10.1 Å². The van der Waals surface area contributed by atoms with E-state index in [1.54, 1.807) is 0 Å². The van der Waals surface area contributed by atoms with Crippen LogP contribution >= 0.6 is 34.4 Å². The molecule has 1 aromatic heterocycles. The molecule has 1 N–H and O–H groups in total. The fraction of sp³-hybridized carbons (Fsp3) is 0.348. The molecule has 1 heterocycles. The van der Waals surface area contributed by atoms with Crippen LogP contribution in [0.1, 0.15) is 42.5 Å². The lowest BCUT2D eigenvalue weighted by Gasteiger charge is -2.14. The van der Waals surface area contributed by atoms with Gasteiger partial charge in [-0.15, -0.1) is 10.2 Å². The number of nitrogens with zero attached hydrogens (tertiary/aromatic N) is 3. The maximum atomic E-state index is 12.5. The summed E-state index contributed by atoms with van der Waals surface area (Å²) in [5, 5.41) is 12.2. The summed E-state index contributed by atoms with van der Waals surface area (Å²) in [6, 6.07) is 12.2. The van der Waals surface area contributed by atoms with Gasteiger partial charge in [0.25, 0.3) is 0 Å². The third-order valence-corrected chi connectivity index (χ3v) is 6.61. The Bertz CT molecular complexity index is 1040. The topological polar surface area (TPSA) is 69.0 Å².